The molecule has 0 N–H and O–H groups in total. The van der Waals surface area contributed by atoms with Crippen LogP contribution >= 0.6 is 0 Å². The Labute approximate surface area is 190 Å². The molecule has 4 nitrogen and oxygen atoms in total. The molecule has 3 aromatic carbocycles. The molecule has 0 bridgehead atoms. The summed E-state index contributed by atoms with van der Waals surface area (Å²) in [5, 5.41) is 2.26. The van der Waals surface area contributed by atoms with Crippen molar-refractivity contribution in [1.29, 1.82) is 0 Å². The number of pyridine rings is 3. The summed E-state index contributed by atoms with van der Waals surface area (Å²) >= 11 is 0. The van der Waals surface area contributed by atoms with E-state index in [-0.39, 0.29) is 0 Å². The molecule has 0 amide bonds. The highest BCUT2D eigenvalue weighted by Crippen LogP contribution is 2.38. The van der Waals surface area contributed by atoms with Crippen molar-refractivity contribution in [3.05, 3.63) is 109 Å². The van der Waals surface area contributed by atoms with E-state index in [1.54, 1.807) is 0 Å². The summed E-state index contributed by atoms with van der Waals surface area (Å²) in [6.45, 7) is 0. The summed E-state index contributed by atoms with van der Waals surface area (Å²) in [7, 11) is 0. The summed E-state index contributed by atoms with van der Waals surface area (Å²) < 4.78 is 2.19. The van der Waals surface area contributed by atoms with E-state index in [0.717, 1.165) is 61.0 Å². The zero-order chi connectivity index (χ0) is 21.8. The van der Waals surface area contributed by atoms with Crippen LogP contribution in [0.5, 0.6) is 0 Å². The molecule has 0 unspecified atom stereocenters. The second-order valence-corrected chi connectivity index (χ2v) is 8.17. The van der Waals surface area contributed by atoms with Gasteiger partial charge in [0.1, 0.15) is 5.82 Å². The number of rotatable bonds is 2. The first-order chi connectivity index (χ1) is 16.4. The van der Waals surface area contributed by atoms with Gasteiger partial charge in [-0.05, 0) is 35.9 Å². The summed E-state index contributed by atoms with van der Waals surface area (Å²) in [4.78, 5) is 14.6. The standard InChI is InChI=1S/C29H18N4/c1-2-9-19(10-3-1)22-17-27(31-25-14-8-16-30-29(22)25)33-18-23-20-11-4-6-13-24(20)32-28(23)21-12-5-7-15-26(21)33/h1-18H. The largest absolute Gasteiger partial charge is 0.300 e. The fourth-order valence-electron chi connectivity index (χ4n) is 4.72. The monoisotopic (exact) mass is 422 g/mol. The van der Waals surface area contributed by atoms with Crippen LogP contribution in [0.25, 0.3) is 61.0 Å². The van der Waals surface area contributed by atoms with Crippen molar-refractivity contribution in [1.82, 2.24) is 19.5 Å². The van der Waals surface area contributed by atoms with Crippen molar-refractivity contribution in [2.45, 2.75) is 0 Å². The average Bonchev–Trinajstić information content (AvgIpc) is 3.27. The molecule has 2 aliphatic heterocycles. The van der Waals surface area contributed by atoms with Gasteiger partial charge in [0.15, 0.2) is 0 Å². The minimum Gasteiger partial charge on any atom is -0.300 e. The van der Waals surface area contributed by atoms with E-state index in [1.807, 2.05) is 30.5 Å². The third kappa shape index (κ3) is 2.74. The van der Waals surface area contributed by atoms with Gasteiger partial charge < -0.3 is 4.57 Å². The maximum absolute atomic E-state index is 5.03. The zero-order valence-corrected chi connectivity index (χ0v) is 17.7. The van der Waals surface area contributed by atoms with Crippen LogP contribution < -0.4 is 0 Å². The van der Waals surface area contributed by atoms with Crippen LogP contribution in [0, 0.1) is 0 Å². The van der Waals surface area contributed by atoms with Crippen LogP contribution in [-0.2, 0) is 0 Å². The number of benzene rings is 3. The van der Waals surface area contributed by atoms with E-state index >= 15 is 0 Å². The smallest absolute Gasteiger partial charge is 0.138 e. The van der Waals surface area contributed by atoms with Gasteiger partial charge in [-0.2, -0.15) is 0 Å². The van der Waals surface area contributed by atoms with Crippen molar-refractivity contribution < 1.29 is 0 Å². The Morgan fingerprint density at radius 2 is 1.36 bits per heavy atom. The number of hydrogen-bond acceptors (Lipinski definition) is 3. The summed E-state index contributed by atoms with van der Waals surface area (Å²) in [5.41, 5.74) is 8.19. The molecule has 5 aromatic rings. The molecule has 154 valence electrons. The normalized spacial score (nSPS) is 11.6. The van der Waals surface area contributed by atoms with Crippen molar-refractivity contribution in [2.24, 2.45) is 0 Å². The third-order valence-corrected chi connectivity index (χ3v) is 6.24. The molecule has 0 aliphatic carbocycles. The molecule has 0 atom stereocenters. The highest BCUT2D eigenvalue weighted by atomic mass is 15.1. The lowest BCUT2D eigenvalue weighted by Gasteiger charge is -2.16. The first-order valence-electron chi connectivity index (χ1n) is 11.0. The number of para-hydroxylation sites is 2. The number of aromatic nitrogens is 4. The van der Waals surface area contributed by atoms with Gasteiger partial charge in [0.2, 0.25) is 0 Å². The Balaban J connectivity index is 1.61. The molecule has 0 fully saturated rings. The highest BCUT2D eigenvalue weighted by molar-refractivity contribution is 6.06. The molecule has 0 saturated carbocycles. The molecule has 2 aliphatic rings. The second kappa shape index (κ2) is 6.97. The van der Waals surface area contributed by atoms with Gasteiger partial charge in [0.25, 0.3) is 0 Å². The maximum Gasteiger partial charge on any atom is 0.138 e. The summed E-state index contributed by atoms with van der Waals surface area (Å²) in [6.07, 6.45) is 4.00. The van der Waals surface area contributed by atoms with Crippen molar-refractivity contribution >= 4 is 32.8 Å². The Kier molecular flexibility index (Phi) is 3.81. The number of fused-ring (bicyclic) bond motifs is 6. The van der Waals surface area contributed by atoms with Gasteiger partial charge in [0.05, 0.1) is 27.8 Å². The predicted octanol–water partition coefficient (Wildman–Crippen LogP) is 6.89. The van der Waals surface area contributed by atoms with Crippen LogP contribution in [0.2, 0.25) is 0 Å². The maximum atomic E-state index is 5.03. The quantitative estimate of drug-likeness (QED) is 0.305. The van der Waals surface area contributed by atoms with E-state index in [2.05, 4.69) is 88.5 Å². The Morgan fingerprint density at radius 3 is 2.27 bits per heavy atom. The van der Waals surface area contributed by atoms with Gasteiger partial charge >= 0.3 is 0 Å². The van der Waals surface area contributed by atoms with Crippen LogP contribution in [-0.4, -0.2) is 19.5 Å². The Bertz CT molecular complexity index is 1770. The van der Waals surface area contributed by atoms with Gasteiger partial charge in [-0.1, -0.05) is 66.7 Å². The molecule has 4 heteroatoms. The third-order valence-electron chi connectivity index (χ3n) is 6.24. The molecule has 2 aromatic heterocycles. The van der Waals surface area contributed by atoms with Gasteiger partial charge in [-0.15, -0.1) is 0 Å². The van der Waals surface area contributed by atoms with E-state index in [0.29, 0.717) is 0 Å². The van der Waals surface area contributed by atoms with Crippen molar-refractivity contribution in [2.75, 3.05) is 0 Å². The minimum atomic E-state index is 0.859. The fourth-order valence-corrected chi connectivity index (χ4v) is 4.72. The molecule has 4 heterocycles. The topological polar surface area (TPSA) is 43.6 Å². The first kappa shape index (κ1) is 18.0. The predicted molar refractivity (Wildman–Crippen MR) is 134 cm³/mol. The lowest BCUT2D eigenvalue weighted by molar-refractivity contribution is 1.04. The fraction of sp³-hybridized carbons (Fsp3) is 0. The summed E-state index contributed by atoms with van der Waals surface area (Å²) in [6, 6.07) is 33.2. The van der Waals surface area contributed by atoms with Gasteiger partial charge in [-0.3, -0.25) is 4.98 Å². The van der Waals surface area contributed by atoms with Crippen LogP contribution in [0.3, 0.4) is 0 Å². The summed E-state index contributed by atoms with van der Waals surface area (Å²) in [5.74, 6) is 0.859. The Morgan fingerprint density at radius 1 is 0.606 bits per heavy atom. The van der Waals surface area contributed by atoms with Crippen LogP contribution in [0.15, 0.2) is 109 Å². The molecular formula is C29H18N4. The molecule has 0 saturated heterocycles. The molecule has 0 radical (unpaired) electrons. The van der Waals surface area contributed by atoms with E-state index in [1.165, 1.54) is 0 Å². The van der Waals surface area contributed by atoms with E-state index in [4.69, 9.17) is 9.97 Å². The first-order valence-corrected chi connectivity index (χ1v) is 11.0. The molecule has 0 spiro atoms. The van der Waals surface area contributed by atoms with Gasteiger partial charge in [0, 0.05) is 34.3 Å². The average molecular weight is 422 g/mol. The molecule has 7 rings (SSSR count). The van der Waals surface area contributed by atoms with Crippen molar-refractivity contribution in [3.63, 3.8) is 0 Å². The highest BCUT2D eigenvalue weighted by Gasteiger charge is 2.19. The van der Waals surface area contributed by atoms with E-state index in [9.17, 15) is 0 Å². The van der Waals surface area contributed by atoms with Crippen molar-refractivity contribution in [3.8, 4) is 28.2 Å². The zero-order valence-electron chi connectivity index (χ0n) is 17.7. The van der Waals surface area contributed by atoms with Crippen LogP contribution in [0.1, 0.15) is 0 Å². The number of nitrogens with zero attached hydrogens (tertiary/aromatic N) is 4. The van der Waals surface area contributed by atoms with Crippen LogP contribution in [0.4, 0.5) is 0 Å². The lowest BCUT2D eigenvalue weighted by Crippen LogP contribution is -2.03. The SMILES string of the molecule is c1ccc(-c2cc(-n3cc4c5ccccc5nc-4c4ccccc43)nc3cccnc23)cc1. The minimum absolute atomic E-state index is 0.859. The van der Waals surface area contributed by atoms with E-state index < -0.39 is 0 Å². The Hall–Kier alpha value is -4.57. The second-order valence-electron chi connectivity index (χ2n) is 8.17. The van der Waals surface area contributed by atoms with Gasteiger partial charge in [-0.25, -0.2) is 9.97 Å². The molecular weight excluding hydrogens is 404 g/mol. The lowest BCUT2D eigenvalue weighted by atomic mass is 10.0. The number of hydrogen-bond donors (Lipinski definition) is 0. The molecule has 33 heavy (non-hydrogen) atoms.